The second-order valence-corrected chi connectivity index (χ2v) is 3.40. The normalized spacial score (nSPS) is 12.2. The van der Waals surface area contributed by atoms with Crippen molar-refractivity contribution in [2.45, 2.75) is 33.4 Å². The van der Waals surface area contributed by atoms with Gasteiger partial charge in [-0.3, -0.25) is 0 Å². The van der Waals surface area contributed by atoms with Gasteiger partial charge in [0, 0.05) is 11.6 Å². The van der Waals surface area contributed by atoms with E-state index in [1.54, 1.807) is 13.8 Å². The lowest BCUT2D eigenvalue weighted by molar-refractivity contribution is -0.138. The van der Waals surface area contributed by atoms with Gasteiger partial charge in [-0.2, -0.15) is 13.2 Å². The average molecular weight is 236 g/mol. The van der Waals surface area contributed by atoms with Crippen molar-refractivity contribution in [3.63, 3.8) is 0 Å². The molecule has 0 amide bonds. The Morgan fingerprint density at radius 3 is 2.25 bits per heavy atom. The minimum atomic E-state index is -4.50. The fraction of sp³-hybridized carbons (Fsp3) is 0.545. The molecule has 5 heteroatoms. The summed E-state index contributed by atoms with van der Waals surface area (Å²) in [6.07, 6.45) is -2.90. The molecule has 0 aliphatic rings. The zero-order chi connectivity index (χ0) is 12.8. The van der Waals surface area contributed by atoms with Gasteiger partial charge in [-0.05, 0) is 27.2 Å². The second kappa shape index (κ2) is 6.35. The monoisotopic (exact) mass is 236 g/mol. The molecule has 92 valence electrons. The van der Waals surface area contributed by atoms with E-state index in [9.17, 15) is 18.0 Å². The van der Waals surface area contributed by atoms with Gasteiger partial charge in [0.25, 0.3) is 0 Å². The fourth-order valence-corrected chi connectivity index (χ4v) is 0.897. The third-order valence-electron chi connectivity index (χ3n) is 1.67. The van der Waals surface area contributed by atoms with Gasteiger partial charge in [0.15, 0.2) is 0 Å². The summed E-state index contributed by atoms with van der Waals surface area (Å²) >= 11 is 0. The van der Waals surface area contributed by atoms with Crippen LogP contribution in [0.5, 0.6) is 0 Å². The summed E-state index contributed by atoms with van der Waals surface area (Å²) in [4.78, 5) is 10.9. The molecule has 0 fully saturated rings. The van der Waals surface area contributed by atoms with E-state index in [2.05, 4.69) is 4.74 Å². The number of halogens is 3. The third-order valence-corrected chi connectivity index (χ3v) is 1.67. The first kappa shape index (κ1) is 14.7. The Hall–Kier alpha value is -1.26. The number of alkyl halides is 3. The first-order valence-corrected chi connectivity index (χ1v) is 4.85. The van der Waals surface area contributed by atoms with E-state index in [1.807, 2.05) is 0 Å². The molecule has 0 aliphatic heterocycles. The number of rotatable bonds is 4. The Labute approximate surface area is 92.8 Å². The summed E-state index contributed by atoms with van der Waals surface area (Å²) in [6, 6.07) is 0. The molecule has 0 unspecified atom stereocenters. The quantitative estimate of drug-likeness (QED) is 0.425. The molecule has 0 rings (SSSR count). The average Bonchev–Trinajstić information content (AvgIpc) is 2.10. The lowest BCUT2D eigenvalue weighted by Crippen LogP contribution is -2.14. The van der Waals surface area contributed by atoms with Crippen molar-refractivity contribution in [3.05, 3.63) is 23.3 Å². The first-order chi connectivity index (χ1) is 7.27. The predicted molar refractivity (Wildman–Crippen MR) is 54.8 cm³/mol. The van der Waals surface area contributed by atoms with Gasteiger partial charge < -0.3 is 4.74 Å². The Bertz CT molecular complexity index is 297. The molecule has 0 spiro atoms. The molecular weight excluding hydrogens is 221 g/mol. The summed E-state index contributed by atoms with van der Waals surface area (Å²) in [7, 11) is 0. The zero-order valence-electron chi connectivity index (χ0n) is 9.52. The predicted octanol–water partition coefficient (Wildman–Crippen LogP) is 3.39. The minimum absolute atomic E-state index is 0.0586. The lowest BCUT2D eigenvalue weighted by atomic mass is 10.1. The van der Waals surface area contributed by atoms with Crippen molar-refractivity contribution in [1.29, 1.82) is 0 Å². The Kier molecular flexibility index (Phi) is 5.85. The van der Waals surface area contributed by atoms with Crippen LogP contribution in [-0.2, 0) is 9.53 Å². The van der Waals surface area contributed by atoms with Gasteiger partial charge in [0.2, 0.25) is 0 Å². The van der Waals surface area contributed by atoms with E-state index in [-0.39, 0.29) is 13.0 Å². The molecule has 0 radical (unpaired) electrons. The van der Waals surface area contributed by atoms with E-state index in [0.29, 0.717) is 6.08 Å². The van der Waals surface area contributed by atoms with Gasteiger partial charge in [0.05, 0.1) is 6.61 Å². The molecule has 0 aromatic heterocycles. The number of carbonyl (C=O) groups excluding carboxylic acids is 1. The number of carbonyl (C=O) groups is 1. The molecule has 0 saturated carbocycles. The van der Waals surface area contributed by atoms with Crippen LogP contribution in [-0.4, -0.2) is 18.8 Å². The maximum Gasteiger partial charge on any atom is 0.413 e. The van der Waals surface area contributed by atoms with Crippen LogP contribution in [0, 0.1) is 0 Å². The minimum Gasteiger partial charge on any atom is -0.463 e. The Morgan fingerprint density at radius 1 is 1.31 bits per heavy atom. The van der Waals surface area contributed by atoms with E-state index in [1.165, 1.54) is 13.0 Å². The summed E-state index contributed by atoms with van der Waals surface area (Å²) in [5, 5.41) is 0. The molecule has 0 aromatic carbocycles. The fourth-order valence-electron chi connectivity index (χ4n) is 0.897. The second-order valence-electron chi connectivity index (χ2n) is 3.40. The van der Waals surface area contributed by atoms with E-state index < -0.39 is 17.7 Å². The Morgan fingerprint density at radius 2 is 1.88 bits per heavy atom. The van der Waals surface area contributed by atoms with Gasteiger partial charge in [-0.15, -0.1) is 0 Å². The van der Waals surface area contributed by atoms with Crippen LogP contribution < -0.4 is 0 Å². The van der Waals surface area contributed by atoms with Crippen LogP contribution in [0.15, 0.2) is 23.3 Å². The van der Waals surface area contributed by atoms with Crippen molar-refractivity contribution in [2.24, 2.45) is 0 Å². The maximum absolute atomic E-state index is 12.5. The standard InChI is InChI=1S/C11H15F3O2/c1-4-16-10(15)7-9(11(12,13)14)6-5-8(2)3/h5,7H,4,6H2,1-3H3/b9-7+. The largest absolute Gasteiger partial charge is 0.463 e. The van der Waals surface area contributed by atoms with Crippen molar-refractivity contribution < 1.29 is 22.7 Å². The highest BCUT2D eigenvalue weighted by atomic mass is 19.4. The molecule has 0 heterocycles. The van der Waals surface area contributed by atoms with Crippen molar-refractivity contribution in [2.75, 3.05) is 6.61 Å². The van der Waals surface area contributed by atoms with E-state index in [4.69, 9.17) is 0 Å². The smallest absolute Gasteiger partial charge is 0.413 e. The number of hydrogen-bond acceptors (Lipinski definition) is 2. The van der Waals surface area contributed by atoms with Crippen LogP contribution in [0.2, 0.25) is 0 Å². The van der Waals surface area contributed by atoms with Crippen molar-refractivity contribution in [1.82, 2.24) is 0 Å². The molecule has 16 heavy (non-hydrogen) atoms. The highest BCUT2D eigenvalue weighted by Gasteiger charge is 2.33. The molecule has 0 bridgehead atoms. The zero-order valence-corrected chi connectivity index (χ0v) is 9.52. The third kappa shape index (κ3) is 6.27. The van der Waals surface area contributed by atoms with Crippen LogP contribution in [0.1, 0.15) is 27.2 Å². The lowest BCUT2D eigenvalue weighted by Gasteiger charge is -2.09. The number of allylic oxidation sites excluding steroid dienone is 3. The molecule has 0 aromatic rings. The van der Waals surface area contributed by atoms with Crippen LogP contribution in [0.4, 0.5) is 13.2 Å². The van der Waals surface area contributed by atoms with Crippen LogP contribution in [0.25, 0.3) is 0 Å². The summed E-state index contributed by atoms with van der Waals surface area (Å²) < 4.78 is 41.8. The Balaban J connectivity index is 4.81. The topological polar surface area (TPSA) is 26.3 Å². The molecule has 0 atom stereocenters. The molecule has 0 N–H and O–H groups in total. The number of ether oxygens (including phenoxy) is 1. The van der Waals surface area contributed by atoms with Gasteiger partial charge in [0.1, 0.15) is 0 Å². The highest BCUT2D eigenvalue weighted by Crippen LogP contribution is 2.28. The molecule has 2 nitrogen and oxygen atoms in total. The maximum atomic E-state index is 12.5. The molecule has 0 aliphatic carbocycles. The molecular formula is C11H15F3O2. The van der Waals surface area contributed by atoms with E-state index >= 15 is 0 Å². The van der Waals surface area contributed by atoms with Crippen molar-refractivity contribution in [3.8, 4) is 0 Å². The first-order valence-electron chi connectivity index (χ1n) is 4.85. The highest BCUT2D eigenvalue weighted by molar-refractivity contribution is 5.83. The molecule has 0 saturated heterocycles. The van der Waals surface area contributed by atoms with Gasteiger partial charge in [-0.25, -0.2) is 4.79 Å². The summed E-state index contributed by atoms with van der Waals surface area (Å²) in [5.41, 5.74) is -0.133. The van der Waals surface area contributed by atoms with Crippen LogP contribution in [0.3, 0.4) is 0 Å². The van der Waals surface area contributed by atoms with Gasteiger partial charge in [-0.1, -0.05) is 11.6 Å². The summed E-state index contributed by atoms with van der Waals surface area (Å²) in [6.45, 7) is 4.98. The SMILES string of the molecule is CCOC(=O)/C=C(\CC=C(C)C)C(F)(F)F. The summed E-state index contributed by atoms with van der Waals surface area (Å²) in [5.74, 6) is -0.961. The van der Waals surface area contributed by atoms with Crippen LogP contribution >= 0.6 is 0 Å². The van der Waals surface area contributed by atoms with E-state index in [0.717, 1.165) is 5.57 Å². The van der Waals surface area contributed by atoms with Crippen molar-refractivity contribution >= 4 is 5.97 Å². The number of hydrogen-bond donors (Lipinski definition) is 0. The van der Waals surface area contributed by atoms with Gasteiger partial charge >= 0.3 is 12.1 Å². The number of esters is 1.